The Hall–Kier alpha value is -0.480. The van der Waals surface area contributed by atoms with E-state index in [2.05, 4.69) is 48.3 Å². The van der Waals surface area contributed by atoms with E-state index >= 15 is 0 Å². The van der Waals surface area contributed by atoms with Gasteiger partial charge in [0.1, 0.15) is 12.3 Å². The summed E-state index contributed by atoms with van der Waals surface area (Å²) < 4.78 is 5.78. The molecular weight excluding hydrogens is 463 g/mol. The fourth-order valence-corrected chi connectivity index (χ4v) is 3.89. The highest BCUT2D eigenvalue weighted by Crippen LogP contribution is 2.40. The lowest BCUT2D eigenvalue weighted by molar-refractivity contribution is -0.0198. The molecule has 1 aromatic rings. The first-order valence-corrected chi connectivity index (χ1v) is 10.1. The number of hydrogen-bond acceptors (Lipinski definition) is 5. The molecule has 0 spiro atoms. The summed E-state index contributed by atoms with van der Waals surface area (Å²) in [5, 5.41) is 17.5. The number of nitrogens with one attached hydrogen (secondary N) is 2. The van der Waals surface area contributed by atoms with E-state index in [9.17, 15) is 5.11 Å². The zero-order valence-corrected chi connectivity index (χ0v) is 19.6. The van der Waals surface area contributed by atoms with Crippen molar-refractivity contribution in [2.75, 3.05) is 18.8 Å². The third-order valence-electron chi connectivity index (χ3n) is 4.38. The molecule has 1 aliphatic carbocycles. The molecule has 2 atom stereocenters. The average molecular weight is 496 g/mol. The Kier molecular flexibility index (Phi) is 9.22. The van der Waals surface area contributed by atoms with Crippen molar-refractivity contribution < 1.29 is 9.52 Å². The Bertz CT molecular complexity index is 588. The largest absolute Gasteiger partial charge is 0.443 e. The van der Waals surface area contributed by atoms with Gasteiger partial charge >= 0.3 is 0 Å². The molecule has 0 bridgehead atoms. The van der Waals surface area contributed by atoms with Gasteiger partial charge in [0.25, 0.3) is 0 Å². The number of thioether (sulfide) groups is 1. The molecule has 0 amide bonds. The molecule has 0 aliphatic heterocycles. The van der Waals surface area contributed by atoms with Gasteiger partial charge in [-0.15, -0.1) is 24.0 Å². The highest BCUT2D eigenvalue weighted by molar-refractivity contribution is 14.0. The van der Waals surface area contributed by atoms with E-state index < -0.39 is 5.60 Å². The van der Waals surface area contributed by atoms with Crippen molar-refractivity contribution in [3.05, 3.63) is 17.8 Å². The number of aliphatic imine (C=N–C) groups is 1. The number of oxazole rings is 1. The molecule has 1 fully saturated rings. The molecule has 0 saturated heterocycles. The molecule has 26 heavy (non-hydrogen) atoms. The molecule has 3 N–H and O–H groups in total. The molecule has 2 unspecified atom stereocenters. The van der Waals surface area contributed by atoms with Crippen LogP contribution in [-0.4, -0.2) is 45.7 Å². The van der Waals surface area contributed by atoms with E-state index in [4.69, 9.17) is 4.42 Å². The maximum Gasteiger partial charge on any atom is 0.216 e. The number of halogens is 1. The monoisotopic (exact) mass is 496 g/mol. The van der Waals surface area contributed by atoms with Crippen LogP contribution >= 0.6 is 35.7 Å². The number of hydrogen-bond donors (Lipinski definition) is 3. The lowest BCUT2D eigenvalue weighted by atomic mass is 9.79. The van der Waals surface area contributed by atoms with Crippen LogP contribution < -0.4 is 10.6 Å². The summed E-state index contributed by atoms with van der Waals surface area (Å²) in [7, 11) is 0. The molecule has 1 aliphatic rings. The van der Waals surface area contributed by atoms with Gasteiger partial charge in [-0.25, -0.2) is 9.98 Å². The molecule has 150 valence electrons. The Labute approximate surface area is 178 Å². The molecule has 0 radical (unpaired) electrons. The fourth-order valence-electron chi connectivity index (χ4n) is 2.69. The number of aliphatic hydroxyl groups is 1. The van der Waals surface area contributed by atoms with Crippen molar-refractivity contribution >= 4 is 41.7 Å². The van der Waals surface area contributed by atoms with E-state index in [1.807, 2.05) is 18.7 Å². The first-order valence-electron chi connectivity index (χ1n) is 9.10. The van der Waals surface area contributed by atoms with E-state index in [0.29, 0.717) is 30.2 Å². The SMILES string of the molecule is CCNC(=NCc1ncc(C(C)(C)C)o1)NCC1(O)CCC1SCC.I. The quantitative estimate of drug-likeness (QED) is 0.305. The van der Waals surface area contributed by atoms with Gasteiger partial charge in [0, 0.05) is 23.8 Å². The van der Waals surface area contributed by atoms with Gasteiger partial charge in [-0.3, -0.25) is 0 Å². The Morgan fingerprint density at radius 3 is 2.65 bits per heavy atom. The van der Waals surface area contributed by atoms with Gasteiger partial charge in [0.05, 0.1) is 11.8 Å². The molecular formula is C18H33IN4O2S. The highest BCUT2D eigenvalue weighted by Gasteiger charge is 2.45. The lowest BCUT2D eigenvalue weighted by Crippen LogP contribution is -2.58. The Balaban J connectivity index is 0.00000338. The third-order valence-corrected chi connectivity index (χ3v) is 5.79. The maximum atomic E-state index is 10.7. The topological polar surface area (TPSA) is 82.7 Å². The third kappa shape index (κ3) is 6.30. The van der Waals surface area contributed by atoms with Gasteiger partial charge in [-0.2, -0.15) is 11.8 Å². The van der Waals surface area contributed by atoms with Gasteiger partial charge in [-0.05, 0) is 25.5 Å². The van der Waals surface area contributed by atoms with E-state index in [-0.39, 0.29) is 29.4 Å². The van der Waals surface area contributed by atoms with Crippen LogP contribution in [0, 0.1) is 0 Å². The van der Waals surface area contributed by atoms with E-state index in [0.717, 1.165) is 30.9 Å². The summed E-state index contributed by atoms with van der Waals surface area (Å²) >= 11 is 1.83. The minimum absolute atomic E-state index is 0. The average Bonchev–Trinajstić information content (AvgIpc) is 3.03. The number of rotatable bonds is 7. The Morgan fingerprint density at radius 1 is 1.42 bits per heavy atom. The first-order chi connectivity index (χ1) is 11.8. The highest BCUT2D eigenvalue weighted by atomic mass is 127. The van der Waals surface area contributed by atoms with Gasteiger partial charge in [-0.1, -0.05) is 27.7 Å². The van der Waals surface area contributed by atoms with Gasteiger partial charge in [0.15, 0.2) is 5.96 Å². The van der Waals surface area contributed by atoms with Crippen LogP contribution in [0.2, 0.25) is 0 Å². The number of nitrogens with zero attached hydrogens (tertiary/aromatic N) is 2. The summed E-state index contributed by atoms with van der Waals surface area (Å²) in [6.07, 6.45) is 3.69. The predicted molar refractivity (Wildman–Crippen MR) is 120 cm³/mol. The summed E-state index contributed by atoms with van der Waals surface area (Å²) in [6.45, 7) is 12.1. The minimum Gasteiger partial charge on any atom is -0.443 e. The predicted octanol–water partition coefficient (Wildman–Crippen LogP) is 3.29. The summed E-state index contributed by atoms with van der Waals surface area (Å²) in [4.78, 5) is 8.84. The molecule has 1 heterocycles. The first kappa shape index (κ1) is 23.6. The number of aromatic nitrogens is 1. The summed E-state index contributed by atoms with van der Waals surface area (Å²) in [5.41, 5.74) is -0.698. The van der Waals surface area contributed by atoms with E-state index in [1.54, 1.807) is 6.20 Å². The van der Waals surface area contributed by atoms with Crippen molar-refractivity contribution in [3.63, 3.8) is 0 Å². The normalized spacial score (nSPS) is 23.2. The zero-order valence-electron chi connectivity index (χ0n) is 16.5. The summed E-state index contributed by atoms with van der Waals surface area (Å²) in [5.74, 6) is 3.17. The molecule has 1 saturated carbocycles. The second-order valence-corrected chi connectivity index (χ2v) is 8.98. The number of guanidine groups is 1. The van der Waals surface area contributed by atoms with Crippen molar-refractivity contribution in [1.29, 1.82) is 0 Å². The van der Waals surface area contributed by atoms with Crippen LogP contribution in [0.15, 0.2) is 15.6 Å². The van der Waals surface area contributed by atoms with Crippen molar-refractivity contribution in [2.24, 2.45) is 4.99 Å². The second kappa shape index (κ2) is 10.2. The zero-order chi connectivity index (χ0) is 18.5. The van der Waals surface area contributed by atoms with Crippen LogP contribution in [0.25, 0.3) is 0 Å². The van der Waals surface area contributed by atoms with Crippen LogP contribution in [0.1, 0.15) is 59.1 Å². The van der Waals surface area contributed by atoms with Gasteiger partial charge < -0.3 is 20.2 Å². The standard InChI is InChI=1S/C18H32N4O2S.HI/c1-6-19-16(22-12-18(23)9-8-14(18)25-7-2)21-11-15-20-10-13(24-15)17(3,4)5;/h10,14,23H,6-9,11-12H2,1-5H3,(H2,19,21,22);1H. The van der Waals surface area contributed by atoms with Crippen LogP contribution in [0.3, 0.4) is 0 Å². The summed E-state index contributed by atoms with van der Waals surface area (Å²) in [6, 6.07) is 0. The van der Waals surface area contributed by atoms with Gasteiger partial charge in [0.2, 0.25) is 5.89 Å². The Morgan fingerprint density at radius 2 is 2.15 bits per heavy atom. The minimum atomic E-state index is -0.640. The van der Waals surface area contributed by atoms with Crippen molar-refractivity contribution in [3.8, 4) is 0 Å². The van der Waals surface area contributed by atoms with Crippen molar-refractivity contribution in [1.82, 2.24) is 15.6 Å². The maximum absolute atomic E-state index is 10.7. The van der Waals surface area contributed by atoms with Crippen LogP contribution in [0.4, 0.5) is 0 Å². The van der Waals surface area contributed by atoms with Crippen LogP contribution in [0.5, 0.6) is 0 Å². The molecule has 8 heteroatoms. The smallest absolute Gasteiger partial charge is 0.216 e. The molecule has 2 rings (SSSR count). The van der Waals surface area contributed by atoms with Crippen molar-refractivity contribution in [2.45, 2.75) is 70.3 Å². The molecule has 6 nitrogen and oxygen atoms in total. The van der Waals surface area contributed by atoms with E-state index in [1.165, 1.54) is 0 Å². The fraction of sp³-hybridized carbons (Fsp3) is 0.778. The molecule has 1 aromatic heterocycles. The second-order valence-electron chi connectivity index (χ2n) is 7.50. The van der Waals surface area contributed by atoms with Crippen LogP contribution in [-0.2, 0) is 12.0 Å². The molecule has 0 aromatic carbocycles. The lowest BCUT2D eigenvalue weighted by Gasteiger charge is -2.45.